The lowest BCUT2D eigenvalue weighted by Crippen LogP contribution is -2.30. The van der Waals surface area contributed by atoms with E-state index in [2.05, 4.69) is 32.3 Å². The van der Waals surface area contributed by atoms with Crippen LogP contribution >= 0.6 is 0 Å². The first-order valence-electron chi connectivity index (χ1n) is 7.54. The molecule has 0 bridgehead atoms. The van der Waals surface area contributed by atoms with Crippen molar-refractivity contribution in [1.29, 1.82) is 0 Å². The highest BCUT2D eigenvalue weighted by Gasteiger charge is 2.31. The van der Waals surface area contributed by atoms with E-state index >= 15 is 0 Å². The van der Waals surface area contributed by atoms with Gasteiger partial charge in [-0.1, -0.05) is 6.92 Å². The van der Waals surface area contributed by atoms with Crippen LogP contribution in [0, 0.1) is 0 Å². The van der Waals surface area contributed by atoms with Crippen LogP contribution in [0.3, 0.4) is 0 Å². The number of fused-ring (bicyclic) bond motifs is 1. The minimum Gasteiger partial charge on any atom is -0.383 e. The number of nitrogens with zero attached hydrogens (tertiary/aromatic N) is 4. The molecule has 1 aliphatic carbocycles. The van der Waals surface area contributed by atoms with E-state index in [1.54, 1.807) is 13.3 Å². The molecule has 2 aromatic heterocycles. The monoisotopic (exact) mass is 290 g/mol. The fourth-order valence-corrected chi connectivity index (χ4v) is 2.39. The second kappa shape index (κ2) is 6.26. The lowest BCUT2D eigenvalue weighted by molar-refractivity contribution is 0.205. The number of rotatable bonds is 8. The van der Waals surface area contributed by atoms with Gasteiger partial charge in [-0.05, 0) is 19.3 Å². The molecule has 1 aliphatic rings. The van der Waals surface area contributed by atoms with Crippen molar-refractivity contribution in [1.82, 2.24) is 20.2 Å². The fourth-order valence-electron chi connectivity index (χ4n) is 2.39. The Morgan fingerprint density at radius 1 is 1.43 bits per heavy atom. The lowest BCUT2D eigenvalue weighted by Gasteiger charge is -2.24. The number of aromatic nitrogens is 4. The first-order valence-corrected chi connectivity index (χ1v) is 7.54. The summed E-state index contributed by atoms with van der Waals surface area (Å²) >= 11 is 0. The summed E-state index contributed by atoms with van der Waals surface area (Å²) in [6.45, 7) is 4.52. The molecule has 2 aromatic rings. The standard InChI is InChI=1S/C14H22N6O/c1-3-6-15-14-17-12-11(9-16-19-12)13(18-14)20(7-8-21-2)10-4-5-10/h9-10H,3-8H2,1-2H3,(H2,15,16,17,18,19). The molecule has 2 heterocycles. The Balaban J connectivity index is 1.95. The zero-order chi connectivity index (χ0) is 14.7. The molecule has 0 aliphatic heterocycles. The van der Waals surface area contributed by atoms with Crippen molar-refractivity contribution in [2.45, 2.75) is 32.2 Å². The van der Waals surface area contributed by atoms with Crippen LogP contribution in [0.5, 0.6) is 0 Å². The van der Waals surface area contributed by atoms with Crippen LogP contribution in [0.1, 0.15) is 26.2 Å². The SMILES string of the molecule is CCCNc1nc(N(CCOC)C2CC2)c2cn[nH]c2n1. The van der Waals surface area contributed by atoms with Crippen LogP contribution in [0.15, 0.2) is 6.20 Å². The number of hydrogen-bond acceptors (Lipinski definition) is 6. The van der Waals surface area contributed by atoms with E-state index in [1.807, 2.05) is 0 Å². The van der Waals surface area contributed by atoms with Crippen molar-refractivity contribution < 1.29 is 4.74 Å². The third-order valence-corrected chi connectivity index (χ3v) is 3.62. The highest BCUT2D eigenvalue weighted by molar-refractivity contribution is 5.87. The highest BCUT2D eigenvalue weighted by atomic mass is 16.5. The fraction of sp³-hybridized carbons (Fsp3) is 0.643. The lowest BCUT2D eigenvalue weighted by atomic mass is 10.3. The zero-order valence-electron chi connectivity index (χ0n) is 12.6. The topological polar surface area (TPSA) is 79.0 Å². The molecule has 0 spiro atoms. The summed E-state index contributed by atoms with van der Waals surface area (Å²) in [7, 11) is 1.73. The van der Waals surface area contributed by atoms with Crippen molar-refractivity contribution in [2.75, 3.05) is 37.0 Å². The number of nitrogens with one attached hydrogen (secondary N) is 2. The molecule has 21 heavy (non-hydrogen) atoms. The molecule has 3 rings (SSSR count). The number of hydrogen-bond donors (Lipinski definition) is 2. The van der Waals surface area contributed by atoms with Crippen LogP contribution in [0.2, 0.25) is 0 Å². The van der Waals surface area contributed by atoms with Gasteiger partial charge in [-0.25, -0.2) is 0 Å². The Labute approximate surface area is 124 Å². The molecular weight excluding hydrogens is 268 g/mol. The summed E-state index contributed by atoms with van der Waals surface area (Å²) in [6, 6.07) is 0.562. The molecule has 7 heteroatoms. The van der Waals surface area contributed by atoms with Gasteiger partial charge in [-0.2, -0.15) is 15.1 Å². The highest BCUT2D eigenvalue weighted by Crippen LogP contribution is 2.34. The van der Waals surface area contributed by atoms with Crippen LogP contribution in [0.4, 0.5) is 11.8 Å². The minimum atomic E-state index is 0.562. The largest absolute Gasteiger partial charge is 0.383 e. The van der Waals surface area contributed by atoms with Crippen LogP contribution < -0.4 is 10.2 Å². The Hall–Kier alpha value is -1.89. The Morgan fingerprint density at radius 3 is 3.00 bits per heavy atom. The van der Waals surface area contributed by atoms with E-state index < -0.39 is 0 Å². The normalized spacial score (nSPS) is 14.6. The second-order valence-corrected chi connectivity index (χ2v) is 5.35. The van der Waals surface area contributed by atoms with Crippen LogP contribution in [-0.4, -0.2) is 53.0 Å². The average molecular weight is 290 g/mol. The molecular formula is C14H22N6O. The third-order valence-electron chi connectivity index (χ3n) is 3.62. The number of ether oxygens (including phenoxy) is 1. The first kappa shape index (κ1) is 14.1. The van der Waals surface area contributed by atoms with Gasteiger partial charge in [0.15, 0.2) is 5.65 Å². The van der Waals surface area contributed by atoms with Crippen molar-refractivity contribution in [3.63, 3.8) is 0 Å². The molecule has 0 aromatic carbocycles. The minimum absolute atomic E-state index is 0.562. The van der Waals surface area contributed by atoms with E-state index in [-0.39, 0.29) is 0 Å². The molecule has 0 atom stereocenters. The Kier molecular flexibility index (Phi) is 4.19. The summed E-state index contributed by atoms with van der Waals surface area (Å²) in [5.74, 6) is 1.61. The van der Waals surface area contributed by atoms with Crippen LogP contribution in [0.25, 0.3) is 11.0 Å². The molecule has 1 fully saturated rings. The number of H-pyrrole nitrogens is 1. The third kappa shape index (κ3) is 3.07. The smallest absolute Gasteiger partial charge is 0.226 e. The summed E-state index contributed by atoms with van der Waals surface area (Å²) in [4.78, 5) is 11.5. The second-order valence-electron chi connectivity index (χ2n) is 5.35. The van der Waals surface area contributed by atoms with Gasteiger partial charge in [0.25, 0.3) is 0 Å². The maximum Gasteiger partial charge on any atom is 0.226 e. The van der Waals surface area contributed by atoms with Crippen LogP contribution in [-0.2, 0) is 4.74 Å². The van der Waals surface area contributed by atoms with E-state index in [4.69, 9.17) is 9.72 Å². The van der Waals surface area contributed by atoms with Crippen molar-refractivity contribution >= 4 is 22.8 Å². The molecule has 0 amide bonds. The van der Waals surface area contributed by atoms with Gasteiger partial charge in [0.2, 0.25) is 5.95 Å². The van der Waals surface area contributed by atoms with E-state index in [9.17, 15) is 0 Å². The van der Waals surface area contributed by atoms with Gasteiger partial charge in [0.05, 0.1) is 18.2 Å². The van der Waals surface area contributed by atoms with E-state index in [0.29, 0.717) is 18.6 Å². The maximum absolute atomic E-state index is 5.24. The number of anilines is 2. The Morgan fingerprint density at radius 2 is 2.29 bits per heavy atom. The summed E-state index contributed by atoms with van der Waals surface area (Å²) < 4.78 is 5.24. The van der Waals surface area contributed by atoms with Crippen molar-refractivity contribution in [3.05, 3.63) is 6.20 Å². The molecule has 114 valence electrons. The summed E-state index contributed by atoms with van der Waals surface area (Å²) in [5.41, 5.74) is 0.779. The maximum atomic E-state index is 5.24. The zero-order valence-corrected chi connectivity index (χ0v) is 12.6. The van der Waals surface area contributed by atoms with Crippen molar-refractivity contribution in [2.24, 2.45) is 0 Å². The summed E-state index contributed by atoms with van der Waals surface area (Å²) in [5, 5.41) is 11.3. The predicted molar refractivity (Wildman–Crippen MR) is 82.7 cm³/mol. The summed E-state index contributed by atoms with van der Waals surface area (Å²) in [6.07, 6.45) is 5.27. The molecule has 2 N–H and O–H groups in total. The average Bonchev–Trinajstić information content (AvgIpc) is 3.22. The predicted octanol–water partition coefficient (Wildman–Crippen LogP) is 1.79. The molecule has 7 nitrogen and oxygen atoms in total. The van der Waals surface area contributed by atoms with Gasteiger partial charge in [-0.15, -0.1) is 0 Å². The molecule has 0 unspecified atom stereocenters. The molecule has 1 saturated carbocycles. The first-order chi connectivity index (χ1) is 10.3. The van der Waals surface area contributed by atoms with Gasteiger partial charge < -0.3 is 15.0 Å². The van der Waals surface area contributed by atoms with Gasteiger partial charge in [-0.3, -0.25) is 5.10 Å². The van der Waals surface area contributed by atoms with Crippen molar-refractivity contribution in [3.8, 4) is 0 Å². The number of methoxy groups -OCH3 is 1. The van der Waals surface area contributed by atoms with Gasteiger partial charge in [0.1, 0.15) is 5.82 Å². The van der Waals surface area contributed by atoms with E-state index in [0.717, 1.165) is 36.4 Å². The van der Waals surface area contributed by atoms with Gasteiger partial charge in [0, 0.05) is 26.2 Å². The quantitative estimate of drug-likeness (QED) is 0.771. The molecule has 0 saturated heterocycles. The Bertz CT molecular complexity index is 594. The van der Waals surface area contributed by atoms with Gasteiger partial charge >= 0.3 is 0 Å². The number of aromatic amines is 1. The molecule has 0 radical (unpaired) electrons. The van der Waals surface area contributed by atoms with E-state index in [1.165, 1.54) is 12.8 Å².